The molecule has 238 valence electrons. The summed E-state index contributed by atoms with van der Waals surface area (Å²) >= 11 is 0. The third-order valence-electron chi connectivity index (χ3n) is 8.68. The number of piperidine rings is 1. The van der Waals surface area contributed by atoms with Gasteiger partial charge in [0.1, 0.15) is 10.7 Å². The van der Waals surface area contributed by atoms with Crippen molar-refractivity contribution >= 4 is 27.5 Å². The Morgan fingerprint density at radius 3 is 2.64 bits per heavy atom. The van der Waals surface area contributed by atoms with Crippen molar-refractivity contribution in [2.45, 2.75) is 76.0 Å². The molecule has 0 saturated carbocycles. The van der Waals surface area contributed by atoms with Crippen LogP contribution >= 0.6 is 0 Å². The normalized spacial score (nSPS) is 19.2. The van der Waals surface area contributed by atoms with E-state index in [1.807, 2.05) is 6.92 Å². The lowest BCUT2D eigenvalue weighted by Gasteiger charge is -2.36. The van der Waals surface area contributed by atoms with Gasteiger partial charge in [-0.1, -0.05) is 6.07 Å². The smallest absolute Gasteiger partial charge is 0.452 e. The number of hydrogen-bond acceptors (Lipinski definition) is 8. The Hall–Kier alpha value is -4.11. The van der Waals surface area contributed by atoms with Crippen LogP contribution in [-0.4, -0.2) is 67.5 Å². The van der Waals surface area contributed by atoms with Crippen molar-refractivity contribution in [3.05, 3.63) is 76.1 Å². The van der Waals surface area contributed by atoms with Crippen LogP contribution in [0, 0.1) is 20.8 Å². The van der Waals surface area contributed by atoms with Crippen LogP contribution < -0.4 is 4.90 Å². The highest BCUT2D eigenvalue weighted by atomic mass is 32.2. The summed E-state index contributed by atoms with van der Waals surface area (Å²) in [6, 6.07) is 6.44. The van der Waals surface area contributed by atoms with Crippen LogP contribution in [0.25, 0.3) is 5.65 Å². The van der Waals surface area contributed by atoms with Gasteiger partial charge in [-0.25, -0.2) is 13.4 Å². The van der Waals surface area contributed by atoms with Gasteiger partial charge in [-0.05, 0) is 80.5 Å². The van der Waals surface area contributed by atoms with Crippen LogP contribution in [0.4, 0.5) is 19.0 Å². The van der Waals surface area contributed by atoms with Crippen molar-refractivity contribution in [1.82, 2.24) is 28.9 Å². The van der Waals surface area contributed by atoms with Crippen LogP contribution in [-0.2, 0) is 27.5 Å². The van der Waals surface area contributed by atoms with Crippen LogP contribution in [0.15, 0.2) is 41.6 Å². The summed E-state index contributed by atoms with van der Waals surface area (Å²) in [4.78, 5) is 23.6. The number of aliphatic carboxylic acids is 1. The minimum Gasteiger partial charge on any atom is -0.481 e. The van der Waals surface area contributed by atoms with Gasteiger partial charge < -0.3 is 10.0 Å². The van der Waals surface area contributed by atoms with E-state index in [0.717, 1.165) is 34.8 Å². The number of halogens is 3. The molecule has 45 heavy (non-hydrogen) atoms. The lowest BCUT2D eigenvalue weighted by molar-refractivity contribution is -0.145. The minimum atomic E-state index is -4.72. The number of anilines is 1. The van der Waals surface area contributed by atoms with E-state index in [1.54, 1.807) is 38.2 Å². The molecule has 1 N–H and O–H groups in total. The van der Waals surface area contributed by atoms with Gasteiger partial charge in [-0.2, -0.15) is 17.5 Å². The zero-order valence-electron chi connectivity index (χ0n) is 24.9. The van der Waals surface area contributed by atoms with E-state index in [2.05, 4.69) is 20.1 Å². The molecule has 2 aliphatic rings. The molecule has 0 spiro atoms. The number of carboxylic acid groups (broad SMARTS) is 1. The molecule has 0 unspecified atom stereocenters. The number of pyridine rings is 3. The third kappa shape index (κ3) is 5.63. The van der Waals surface area contributed by atoms with Gasteiger partial charge in [-0.15, -0.1) is 10.2 Å². The maximum absolute atomic E-state index is 14.1. The van der Waals surface area contributed by atoms with Crippen molar-refractivity contribution < 1.29 is 31.5 Å². The highest BCUT2D eigenvalue weighted by molar-refractivity contribution is 7.89. The van der Waals surface area contributed by atoms with Crippen molar-refractivity contribution in [2.75, 3.05) is 18.0 Å². The Labute approximate surface area is 257 Å². The van der Waals surface area contributed by atoms with Gasteiger partial charge in [0.15, 0.2) is 5.65 Å². The average molecular weight is 644 g/mol. The van der Waals surface area contributed by atoms with Crippen LogP contribution in [0.3, 0.4) is 0 Å². The molecule has 1 fully saturated rings. The van der Waals surface area contributed by atoms with Gasteiger partial charge in [0.05, 0.1) is 18.7 Å². The summed E-state index contributed by atoms with van der Waals surface area (Å²) in [5.41, 5.74) is 2.98. The molecule has 4 aromatic rings. The largest absolute Gasteiger partial charge is 0.481 e. The maximum Gasteiger partial charge on any atom is 0.452 e. The second kappa shape index (κ2) is 11.4. The minimum absolute atomic E-state index is 0.0437. The van der Waals surface area contributed by atoms with E-state index in [-0.39, 0.29) is 29.7 Å². The topological polar surface area (TPSA) is 134 Å². The van der Waals surface area contributed by atoms with Gasteiger partial charge in [0.2, 0.25) is 15.8 Å². The SMILES string of the molecule is Cc1cnc2c(c1)S(=O)(=O)N(Cc1nc([C@H](CC(=O)O)c3ccn4c(C(F)(F)F)nnc4c3C)ccc1C)C[C@H]1CCCCN21. The summed E-state index contributed by atoms with van der Waals surface area (Å²) in [6.07, 6.45) is 0.461. The zero-order valence-corrected chi connectivity index (χ0v) is 25.7. The van der Waals surface area contributed by atoms with Crippen molar-refractivity contribution in [3.63, 3.8) is 0 Å². The lowest BCUT2D eigenvalue weighted by atomic mass is 9.89. The molecule has 4 aromatic heterocycles. The molecule has 11 nitrogen and oxygen atoms in total. The van der Waals surface area contributed by atoms with Gasteiger partial charge >= 0.3 is 12.1 Å². The Morgan fingerprint density at radius 1 is 1.13 bits per heavy atom. The Morgan fingerprint density at radius 2 is 1.91 bits per heavy atom. The lowest BCUT2D eigenvalue weighted by Crippen LogP contribution is -2.45. The number of fused-ring (bicyclic) bond motifs is 4. The molecule has 2 atom stereocenters. The number of rotatable bonds is 6. The van der Waals surface area contributed by atoms with Crippen molar-refractivity contribution in [2.24, 2.45) is 0 Å². The standard InChI is InChI=1S/C30H32F3N7O4S/c1-17-12-25-28(34-14-17)39-10-5-4-6-20(39)15-38(45(25,43)44)16-24-18(2)7-8-23(35-24)22(13-26(41)42)21-9-11-40-27(19(21)3)36-37-29(40)30(31,32)33/h7-9,11-12,14,20,22H,4-6,10,13,15-16H2,1-3H3,(H,41,42)/t20-,22-/m1/s1. The molecule has 15 heteroatoms. The molecule has 0 bridgehead atoms. The fourth-order valence-corrected chi connectivity index (χ4v) is 8.03. The molecule has 2 aliphatic heterocycles. The molecule has 0 aromatic carbocycles. The van der Waals surface area contributed by atoms with Crippen LogP contribution in [0.5, 0.6) is 0 Å². The molecule has 1 saturated heterocycles. The quantitative estimate of drug-likeness (QED) is 0.319. The average Bonchev–Trinajstić information content (AvgIpc) is 3.40. The van der Waals surface area contributed by atoms with Gasteiger partial charge in [0, 0.05) is 43.1 Å². The second-order valence-corrected chi connectivity index (χ2v) is 13.6. The number of aromatic nitrogens is 5. The fourth-order valence-electron chi connectivity index (χ4n) is 6.36. The molecule has 6 heterocycles. The number of alkyl halides is 3. The first-order valence-electron chi connectivity index (χ1n) is 14.6. The van der Waals surface area contributed by atoms with E-state index in [9.17, 15) is 31.5 Å². The molecule has 0 radical (unpaired) electrons. The first-order chi connectivity index (χ1) is 21.3. The van der Waals surface area contributed by atoms with Crippen molar-refractivity contribution in [3.8, 4) is 0 Å². The summed E-state index contributed by atoms with van der Waals surface area (Å²) < 4.78 is 70.9. The van der Waals surface area contributed by atoms with Gasteiger partial charge in [-0.3, -0.25) is 14.2 Å². The number of sulfonamides is 1. The van der Waals surface area contributed by atoms with Crippen molar-refractivity contribution in [1.29, 1.82) is 0 Å². The number of nitrogens with zero attached hydrogens (tertiary/aromatic N) is 7. The second-order valence-electron chi connectivity index (χ2n) is 11.7. The predicted octanol–water partition coefficient (Wildman–Crippen LogP) is 4.63. The molecule has 0 amide bonds. The molecule has 0 aliphatic carbocycles. The first kappa shape index (κ1) is 30.9. The zero-order chi connectivity index (χ0) is 32.3. The third-order valence-corrected chi connectivity index (χ3v) is 10.5. The summed E-state index contributed by atoms with van der Waals surface area (Å²) in [5, 5.41) is 16.9. The maximum atomic E-state index is 14.1. The summed E-state index contributed by atoms with van der Waals surface area (Å²) in [6.45, 7) is 6.08. The summed E-state index contributed by atoms with van der Waals surface area (Å²) in [5.74, 6) is -2.70. The van der Waals surface area contributed by atoms with Gasteiger partial charge in [0.25, 0.3) is 0 Å². The number of carboxylic acids is 1. The van der Waals surface area contributed by atoms with E-state index in [0.29, 0.717) is 34.9 Å². The summed E-state index contributed by atoms with van der Waals surface area (Å²) in [7, 11) is -3.97. The predicted molar refractivity (Wildman–Crippen MR) is 157 cm³/mol. The highest BCUT2D eigenvalue weighted by Crippen LogP contribution is 2.37. The number of hydrogen-bond donors (Lipinski definition) is 1. The fraction of sp³-hybridized carbons (Fsp3) is 0.433. The monoisotopic (exact) mass is 643 g/mol. The molecular weight excluding hydrogens is 611 g/mol. The van der Waals surface area contributed by atoms with E-state index >= 15 is 0 Å². The first-order valence-corrected chi connectivity index (χ1v) is 16.0. The number of aryl methyl sites for hydroxylation is 3. The Balaban J connectivity index is 1.41. The van der Waals surface area contributed by atoms with E-state index in [1.165, 1.54) is 16.6 Å². The van der Waals surface area contributed by atoms with Crippen LogP contribution in [0.1, 0.15) is 71.1 Å². The Bertz CT molecular complexity index is 1910. The molecular formula is C30H32F3N7O4S. The molecule has 6 rings (SSSR count). The van der Waals surface area contributed by atoms with E-state index in [4.69, 9.17) is 4.98 Å². The Kier molecular flexibility index (Phi) is 7.80. The highest BCUT2D eigenvalue weighted by Gasteiger charge is 2.40. The van der Waals surface area contributed by atoms with Crippen LogP contribution in [0.2, 0.25) is 0 Å². The number of carbonyl (C=O) groups is 1. The van der Waals surface area contributed by atoms with E-state index < -0.39 is 40.3 Å².